The molecule has 0 radical (unpaired) electrons. The minimum Gasteiger partial charge on any atom is -0.482 e. The molecule has 188 valence electrons. The van der Waals surface area contributed by atoms with Crippen molar-refractivity contribution in [3.05, 3.63) is 108 Å². The van der Waals surface area contributed by atoms with Gasteiger partial charge < -0.3 is 19.7 Å². The van der Waals surface area contributed by atoms with E-state index in [9.17, 15) is 18.4 Å². The molecule has 0 aliphatic rings. The van der Waals surface area contributed by atoms with E-state index in [1.165, 1.54) is 36.4 Å². The summed E-state index contributed by atoms with van der Waals surface area (Å²) in [6, 6.07) is 23.2. The molecule has 0 aliphatic heterocycles. The minimum absolute atomic E-state index is 0.197. The molecule has 37 heavy (non-hydrogen) atoms. The molecule has 1 amide bonds. The second-order valence-electron chi connectivity index (χ2n) is 8.34. The zero-order valence-corrected chi connectivity index (χ0v) is 20.2. The van der Waals surface area contributed by atoms with Crippen LogP contribution in [0.3, 0.4) is 0 Å². The van der Waals surface area contributed by atoms with E-state index in [-0.39, 0.29) is 12.2 Å². The van der Waals surface area contributed by atoms with Crippen LogP contribution in [0.1, 0.15) is 10.4 Å². The fraction of sp³-hybridized carbons (Fsp3) is 0.103. The fourth-order valence-electron chi connectivity index (χ4n) is 3.52. The van der Waals surface area contributed by atoms with E-state index < -0.39 is 23.5 Å². The lowest BCUT2D eigenvalue weighted by Crippen LogP contribution is -2.18. The van der Waals surface area contributed by atoms with Crippen molar-refractivity contribution in [3.63, 3.8) is 0 Å². The third-order valence-electron chi connectivity index (χ3n) is 5.40. The first-order valence-electron chi connectivity index (χ1n) is 11.4. The second-order valence-corrected chi connectivity index (χ2v) is 8.34. The number of nitrogens with zero attached hydrogens (tertiary/aromatic N) is 1. The molecule has 0 spiro atoms. The van der Waals surface area contributed by atoms with Crippen LogP contribution in [0, 0.1) is 11.6 Å². The lowest BCUT2D eigenvalue weighted by atomic mass is 10.0. The Hall–Kier alpha value is -4.72. The smallest absolute Gasteiger partial charge is 0.349 e. The van der Waals surface area contributed by atoms with Gasteiger partial charge in [0.25, 0.3) is 5.91 Å². The van der Waals surface area contributed by atoms with Crippen LogP contribution in [-0.2, 0) is 4.79 Å². The average Bonchev–Trinajstić information content (AvgIpc) is 2.88. The Balaban J connectivity index is 1.38. The molecule has 0 heterocycles. The maximum absolute atomic E-state index is 14.4. The Kier molecular flexibility index (Phi) is 7.78. The van der Waals surface area contributed by atoms with E-state index in [1.807, 2.05) is 31.1 Å². The molecule has 0 atom stereocenters. The van der Waals surface area contributed by atoms with Gasteiger partial charge in [0.05, 0.1) is 5.56 Å². The van der Waals surface area contributed by atoms with Gasteiger partial charge in [0.15, 0.2) is 6.61 Å². The Morgan fingerprint density at radius 3 is 2.27 bits per heavy atom. The van der Waals surface area contributed by atoms with Gasteiger partial charge in [-0.15, -0.1) is 0 Å². The van der Waals surface area contributed by atoms with Gasteiger partial charge in [-0.2, -0.15) is 0 Å². The van der Waals surface area contributed by atoms with Crippen LogP contribution in [0.15, 0.2) is 91.0 Å². The molecule has 0 saturated heterocycles. The lowest BCUT2D eigenvalue weighted by molar-refractivity contribution is -0.136. The number of benzene rings is 4. The van der Waals surface area contributed by atoms with Gasteiger partial charge in [0, 0.05) is 31.5 Å². The number of nitrogens with one attached hydrogen (secondary N) is 1. The molecular formula is C29H24F2N2O4. The lowest BCUT2D eigenvalue weighted by Gasteiger charge is -2.13. The van der Waals surface area contributed by atoms with Crippen LogP contribution in [0.25, 0.3) is 11.1 Å². The highest BCUT2D eigenvalue weighted by Crippen LogP contribution is 2.25. The van der Waals surface area contributed by atoms with Gasteiger partial charge in [-0.25, -0.2) is 13.6 Å². The molecule has 6 nitrogen and oxygen atoms in total. The second kappa shape index (κ2) is 11.3. The number of hydrogen-bond donors (Lipinski definition) is 1. The molecule has 8 heteroatoms. The zero-order chi connectivity index (χ0) is 26.4. The SMILES string of the molecule is CN(C)c1ccc(OC(=O)COc2cccc(NC(=O)c3cc(-c4cccc(F)c4)ccc3F)c2)cc1. The number of esters is 1. The van der Waals surface area contributed by atoms with Crippen molar-refractivity contribution in [2.24, 2.45) is 0 Å². The third kappa shape index (κ3) is 6.70. The van der Waals surface area contributed by atoms with Crippen LogP contribution in [0.4, 0.5) is 20.2 Å². The summed E-state index contributed by atoms with van der Waals surface area (Å²) in [5.74, 6) is -1.73. The molecule has 0 fully saturated rings. The number of rotatable bonds is 8. The quantitative estimate of drug-likeness (QED) is 0.239. The van der Waals surface area contributed by atoms with E-state index in [0.717, 1.165) is 11.8 Å². The number of hydrogen-bond acceptors (Lipinski definition) is 5. The molecule has 0 aromatic heterocycles. The number of carbonyl (C=O) groups is 2. The summed E-state index contributed by atoms with van der Waals surface area (Å²) in [6.45, 7) is -0.350. The molecule has 0 aliphatic carbocycles. The standard InChI is InChI=1S/C29H24F2N2O4/c1-33(2)23-10-12-24(13-11-23)37-28(34)18-36-25-8-4-7-22(17-25)32-29(35)26-16-20(9-14-27(26)31)19-5-3-6-21(30)15-19/h3-17H,18H2,1-2H3,(H,32,35). The Bertz CT molecular complexity index is 1420. The van der Waals surface area contributed by atoms with Crippen LogP contribution in [-0.4, -0.2) is 32.6 Å². The molecule has 0 saturated carbocycles. The third-order valence-corrected chi connectivity index (χ3v) is 5.40. The monoisotopic (exact) mass is 502 g/mol. The summed E-state index contributed by atoms with van der Waals surface area (Å²) in [5.41, 5.74) is 2.13. The van der Waals surface area contributed by atoms with Crippen LogP contribution >= 0.6 is 0 Å². The van der Waals surface area contributed by atoms with E-state index in [0.29, 0.717) is 28.3 Å². The summed E-state index contributed by atoms with van der Waals surface area (Å²) in [7, 11) is 3.82. The highest BCUT2D eigenvalue weighted by atomic mass is 19.1. The number of carbonyl (C=O) groups excluding carboxylic acids is 2. The molecule has 4 aromatic rings. The zero-order valence-electron chi connectivity index (χ0n) is 20.2. The minimum atomic E-state index is -0.716. The van der Waals surface area contributed by atoms with Crippen molar-refractivity contribution in [1.29, 1.82) is 0 Å². The van der Waals surface area contributed by atoms with Gasteiger partial charge in [0.2, 0.25) is 0 Å². The van der Waals surface area contributed by atoms with Gasteiger partial charge in [0.1, 0.15) is 23.1 Å². The summed E-state index contributed by atoms with van der Waals surface area (Å²) in [4.78, 5) is 26.9. The maximum atomic E-state index is 14.4. The van der Waals surface area contributed by atoms with Crippen molar-refractivity contribution in [3.8, 4) is 22.6 Å². The van der Waals surface area contributed by atoms with Crippen molar-refractivity contribution >= 4 is 23.3 Å². The molecule has 4 rings (SSSR count). The topological polar surface area (TPSA) is 67.9 Å². The Morgan fingerprint density at radius 2 is 1.54 bits per heavy atom. The van der Waals surface area contributed by atoms with Crippen molar-refractivity contribution in [2.45, 2.75) is 0 Å². The number of amides is 1. The van der Waals surface area contributed by atoms with Gasteiger partial charge in [-0.1, -0.05) is 24.3 Å². The van der Waals surface area contributed by atoms with Crippen LogP contribution in [0.2, 0.25) is 0 Å². The van der Waals surface area contributed by atoms with Gasteiger partial charge in [-0.05, 0) is 71.8 Å². The highest BCUT2D eigenvalue weighted by Gasteiger charge is 2.15. The number of ether oxygens (including phenoxy) is 2. The Morgan fingerprint density at radius 1 is 0.811 bits per heavy atom. The largest absolute Gasteiger partial charge is 0.482 e. The molecule has 1 N–H and O–H groups in total. The van der Waals surface area contributed by atoms with E-state index in [4.69, 9.17) is 9.47 Å². The summed E-state index contributed by atoms with van der Waals surface area (Å²) < 4.78 is 38.8. The summed E-state index contributed by atoms with van der Waals surface area (Å²) >= 11 is 0. The fourth-order valence-corrected chi connectivity index (χ4v) is 3.52. The first-order valence-corrected chi connectivity index (χ1v) is 11.4. The highest BCUT2D eigenvalue weighted by molar-refractivity contribution is 6.05. The van der Waals surface area contributed by atoms with Crippen LogP contribution in [0.5, 0.6) is 11.5 Å². The summed E-state index contributed by atoms with van der Waals surface area (Å²) in [6.07, 6.45) is 0. The molecule has 0 bridgehead atoms. The first kappa shape index (κ1) is 25.4. The number of halogens is 2. The molecular weight excluding hydrogens is 478 g/mol. The predicted octanol–water partition coefficient (Wildman–Crippen LogP) is 5.93. The van der Waals surface area contributed by atoms with Gasteiger partial charge in [-0.3, -0.25) is 4.79 Å². The van der Waals surface area contributed by atoms with Crippen LogP contribution < -0.4 is 19.7 Å². The first-order chi connectivity index (χ1) is 17.8. The number of anilines is 2. The van der Waals surface area contributed by atoms with E-state index >= 15 is 0 Å². The molecule has 4 aromatic carbocycles. The Labute approximate surface area is 213 Å². The van der Waals surface area contributed by atoms with E-state index in [2.05, 4.69) is 5.32 Å². The van der Waals surface area contributed by atoms with Gasteiger partial charge >= 0.3 is 5.97 Å². The van der Waals surface area contributed by atoms with Crippen molar-refractivity contribution < 1.29 is 27.8 Å². The maximum Gasteiger partial charge on any atom is 0.349 e. The van der Waals surface area contributed by atoms with E-state index in [1.54, 1.807) is 36.4 Å². The predicted molar refractivity (Wildman–Crippen MR) is 138 cm³/mol. The summed E-state index contributed by atoms with van der Waals surface area (Å²) in [5, 5.41) is 2.62. The molecule has 0 unspecified atom stereocenters. The van der Waals surface area contributed by atoms with Crippen molar-refractivity contribution in [1.82, 2.24) is 0 Å². The normalized spacial score (nSPS) is 10.5. The van der Waals surface area contributed by atoms with Crippen molar-refractivity contribution in [2.75, 3.05) is 30.9 Å². The average molecular weight is 503 g/mol.